The van der Waals surface area contributed by atoms with Crippen molar-refractivity contribution in [2.45, 2.75) is 0 Å². The van der Waals surface area contributed by atoms with Gasteiger partial charge in [0.15, 0.2) is 0 Å². The number of hydrogen-bond acceptors (Lipinski definition) is 6. The molecule has 0 atom stereocenters. The van der Waals surface area contributed by atoms with Gasteiger partial charge in [-0.2, -0.15) is 0 Å². The molecule has 0 saturated carbocycles. The molecule has 0 unspecified atom stereocenters. The number of rotatable bonds is 4. The molecule has 5 rings (SSSR count). The highest BCUT2D eigenvalue weighted by Crippen LogP contribution is 2.33. The third-order valence-corrected chi connectivity index (χ3v) is 5.66. The van der Waals surface area contributed by atoms with Crippen LogP contribution in [0.2, 0.25) is 0 Å². The first-order valence-electron chi connectivity index (χ1n) is 10.2. The summed E-state index contributed by atoms with van der Waals surface area (Å²) in [6, 6.07) is 19.7. The number of esters is 2. The summed E-state index contributed by atoms with van der Waals surface area (Å²) in [5.74, 6) is -1.98. The van der Waals surface area contributed by atoms with Crippen LogP contribution in [0.15, 0.2) is 72.9 Å². The first kappa shape index (κ1) is 20.4. The summed E-state index contributed by atoms with van der Waals surface area (Å²) in [5.41, 5.74) is 1.80. The van der Waals surface area contributed by atoms with Crippen molar-refractivity contribution >= 4 is 45.0 Å². The molecule has 3 heterocycles. The predicted molar refractivity (Wildman–Crippen MR) is 123 cm³/mol. The summed E-state index contributed by atoms with van der Waals surface area (Å²) in [6.45, 7) is 0. The smallest absolute Gasteiger partial charge is 0.341 e. The Bertz CT molecular complexity index is 1590. The van der Waals surface area contributed by atoms with Crippen molar-refractivity contribution in [3.05, 3.63) is 95.3 Å². The van der Waals surface area contributed by atoms with E-state index < -0.39 is 17.7 Å². The predicted octanol–water partition coefficient (Wildman–Crippen LogP) is 4.44. The minimum Gasteiger partial charge on any atom is -0.465 e. The fourth-order valence-corrected chi connectivity index (χ4v) is 4.21. The molecule has 0 aliphatic carbocycles. The van der Waals surface area contributed by atoms with Gasteiger partial charge < -0.3 is 13.9 Å². The second-order valence-corrected chi connectivity index (χ2v) is 7.41. The van der Waals surface area contributed by atoms with Crippen LogP contribution < -0.4 is 0 Å². The molecule has 3 aromatic heterocycles. The lowest BCUT2D eigenvalue weighted by Gasteiger charge is -2.10. The first-order valence-corrected chi connectivity index (χ1v) is 10.2. The number of fused-ring (bicyclic) bond motifs is 5. The maximum Gasteiger partial charge on any atom is 0.341 e. The number of pyridine rings is 2. The van der Waals surface area contributed by atoms with Gasteiger partial charge in [-0.1, -0.05) is 54.6 Å². The number of aromatic nitrogens is 2. The zero-order chi connectivity index (χ0) is 23.1. The zero-order valence-corrected chi connectivity index (χ0v) is 17.9. The number of nitrogens with zero attached hydrogens (tertiary/aromatic N) is 2. The Kier molecular flexibility index (Phi) is 4.86. The minimum absolute atomic E-state index is 0.0206. The second-order valence-electron chi connectivity index (χ2n) is 7.41. The lowest BCUT2D eigenvalue weighted by Crippen LogP contribution is -2.15. The molecule has 0 aliphatic heterocycles. The molecule has 0 bridgehead atoms. The van der Waals surface area contributed by atoms with E-state index in [1.165, 1.54) is 14.2 Å². The van der Waals surface area contributed by atoms with Gasteiger partial charge >= 0.3 is 11.9 Å². The topological polar surface area (TPSA) is 87.0 Å². The molecule has 162 valence electrons. The van der Waals surface area contributed by atoms with Crippen molar-refractivity contribution in [3.8, 4) is 0 Å². The van der Waals surface area contributed by atoms with Crippen LogP contribution in [0, 0.1) is 0 Å². The molecule has 0 fully saturated rings. The largest absolute Gasteiger partial charge is 0.465 e. The quantitative estimate of drug-likeness (QED) is 0.234. The van der Waals surface area contributed by atoms with E-state index >= 15 is 0 Å². The molecule has 7 nitrogen and oxygen atoms in total. The van der Waals surface area contributed by atoms with E-state index in [-0.39, 0.29) is 16.8 Å². The minimum atomic E-state index is -0.806. The molecule has 0 radical (unpaired) electrons. The Balaban J connectivity index is 2.06. The highest BCUT2D eigenvalue weighted by molar-refractivity contribution is 6.21. The normalized spacial score (nSPS) is 11.1. The summed E-state index contributed by atoms with van der Waals surface area (Å²) < 4.78 is 11.6. The Labute approximate surface area is 188 Å². The van der Waals surface area contributed by atoms with Crippen molar-refractivity contribution in [3.63, 3.8) is 0 Å². The maximum absolute atomic E-state index is 13.8. The monoisotopic (exact) mass is 438 g/mol. The number of benzene rings is 2. The van der Waals surface area contributed by atoms with Gasteiger partial charge in [0.1, 0.15) is 16.8 Å². The van der Waals surface area contributed by atoms with Crippen LogP contribution >= 0.6 is 0 Å². The number of carbonyl (C=O) groups excluding carboxylic acids is 3. The molecule has 0 spiro atoms. The van der Waals surface area contributed by atoms with Gasteiger partial charge in [-0.15, -0.1) is 0 Å². The van der Waals surface area contributed by atoms with Gasteiger partial charge in [0, 0.05) is 22.5 Å². The van der Waals surface area contributed by atoms with Gasteiger partial charge in [0.25, 0.3) is 0 Å². The first-order chi connectivity index (χ1) is 16.1. The van der Waals surface area contributed by atoms with Crippen molar-refractivity contribution in [1.29, 1.82) is 0 Å². The molecule has 0 saturated heterocycles. The van der Waals surface area contributed by atoms with Gasteiger partial charge in [-0.05, 0) is 12.1 Å². The average molecular weight is 438 g/mol. The van der Waals surface area contributed by atoms with Crippen molar-refractivity contribution < 1.29 is 23.9 Å². The molecule has 7 heteroatoms. The number of hydrogen-bond donors (Lipinski definition) is 0. The fourth-order valence-electron chi connectivity index (χ4n) is 4.21. The zero-order valence-electron chi connectivity index (χ0n) is 17.9. The lowest BCUT2D eigenvalue weighted by molar-refractivity contribution is 0.0556. The molecule has 5 aromatic rings. The third-order valence-electron chi connectivity index (χ3n) is 5.66. The molecule has 2 aromatic carbocycles. The summed E-state index contributed by atoms with van der Waals surface area (Å²) in [7, 11) is 2.43. The Morgan fingerprint density at radius 2 is 1.42 bits per heavy atom. The fraction of sp³-hybridized carbons (Fsp3) is 0.0769. The maximum atomic E-state index is 13.8. The average Bonchev–Trinajstić information content (AvgIpc) is 3.22. The molecule has 0 amide bonds. The number of carbonyl (C=O) groups is 3. The van der Waals surface area contributed by atoms with E-state index in [1.54, 1.807) is 47.0 Å². The van der Waals surface area contributed by atoms with Crippen LogP contribution in [0.25, 0.3) is 27.3 Å². The molecule has 33 heavy (non-hydrogen) atoms. The molecule has 0 N–H and O–H groups in total. The lowest BCUT2D eigenvalue weighted by atomic mass is 10.0. The van der Waals surface area contributed by atoms with Crippen LogP contribution in [-0.2, 0) is 9.47 Å². The van der Waals surface area contributed by atoms with Crippen LogP contribution in [0.3, 0.4) is 0 Å². The Morgan fingerprint density at radius 1 is 0.758 bits per heavy atom. The number of methoxy groups -OCH3 is 2. The SMILES string of the molecule is COC(=O)c1c(C(=O)OC)c2ccc3ccc4cccnc4c3n2c1C(=O)c1ccccc1. The van der Waals surface area contributed by atoms with Gasteiger partial charge in [0.2, 0.25) is 5.78 Å². The number of ketones is 1. The number of ether oxygens (including phenoxy) is 2. The van der Waals surface area contributed by atoms with E-state index in [2.05, 4.69) is 4.98 Å². The summed E-state index contributed by atoms with van der Waals surface area (Å²) in [4.78, 5) is 44.2. The van der Waals surface area contributed by atoms with E-state index in [0.29, 0.717) is 22.1 Å². The van der Waals surface area contributed by atoms with E-state index in [4.69, 9.17) is 9.47 Å². The van der Waals surface area contributed by atoms with Crippen LogP contribution in [0.5, 0.6) is 0 Å². The third kappa shape index (κ3) is 3.05. The van der Waals surface area contributed by atoms with Crippen LogP contribution in [0.1, 0.15) is 36.8 Å². The van der Waals surface area contributed by atoms with E-state index in [0.717, 1.165) is 10.8 Å². The Hall–Kier alpha value is -4.52. The summed E-state index contributed by atoms with van der Waals surface area (Å²) >= 11 is 0. The highest BCUT2D eigenvalue weighted by Gasteiger charge is 2.34. The van der Waals surface area contributed by atoms with E-state index in [9.17, 15) is 14.4 Å². The summed E-state index contributed by atoms with van der Waals surface area (Å²) in [6.07, 6.45) is 1.66. The van der Waals surface area contributed by atoms with E-state index in [1.807, 2.05) is 30.3 Å². The molecular weight excluding hydrogens is 420 g/mol. The van der Waals surface area contributed by atoms with Crippen LogP contribution in [-0.4, -0.2) is 41.3 Å². The van der Waals surface area contributed by atoms with Gasteiger partial charge in [0.05, 0.1) is 30.8 Å². The van der Waals surface area contributed by atoms with Crippen molar-refractivity contribution in [2.75, 3.05) is 14.2 Å². The van der Waals surface area contributed by atoms with Crippen molar-refractivity contribution in [2.24, 2.45) is 0 Å². The van der Waals surface area contributed by atoms with Crippen molar-refractivity contribution in [1.82, 2.24) is 9.38 Å². The second kappa shape index (κ2) is 7.87. The highest BCUT2D eigenvalue weighted by atomic mass is 16.5. The van der Waals surface area contributed by atoms with Gasteiger partial charge in [-0.25, -0.2) is 9.59 Å². The standard InChI is InChI=1S/C26H18N2O5/c1-32-25(30)19-18-13-12-16-11-10-15-9-6-14-27-21(15)22(16)28(18)23(20(19)26(31)33-2)24(29)17-7-4-3-5-8-17/h3-14H,1-2H3. The molecular formula is C26H18N2O5. The molecule has 0 aliphatic rings. The Morgan fingerprint density at radius 3 is 2.15 bits per heavy atom. The summed E-state index contributed by atoms with van der Waals surface area (Å²) in [5, 5.41) is 1.64. The van der Waals surface area contributed by atoms with Crippen LogP contribution in [0.4, 0.5) is 0 Å². The van der Waals surface area contributed by atoms with Gasteiger partial charge in [-0.3, -0.25) is 9.78 Å².